The molecule has 3 aromatic heterocycles. The summed E-state index contributed by atoms with van der Waals surface area (Å²) in [6.45, 7) is 0.685. The van der Waals surface area contributed by atoms with Gasteiger partial charge in [-0.15, -0.1) is 6.42 Å². The van der Waals surface area contributed by atoms with E-state index in [2.05, 4.69) is 20.9 Å². The van der Waals surface area contributed by atoms with Crippen molar-refractivity contribution in [3.8, 4) is 23.6 Å². The van der Waals surface area contributed by atoms with Crippen molar-refractivity contribution < 1.29 is 18.0 Å². The molecule has 2 fully saturated rings. The van der Waals surface area contributed by atoms with Crippen LogP contribution in [-0.4, -0.2) is 45.0 Å². The Kier molecular flexibility index (Phi) is 6.50. The zero-order valence-corrected chi connectivity index (χ0v) is 19.4. The van der Waals surface area contributed by atoms with Gasteiger partial charge in [0.05, 0.1) is 29.7 Å². The van der Waals surface area contributed by atoms with Crippen molar-refractivity contribution in [1.29, 1.82) is 0 Å². The fourth-order valence-corrected chi connectivity index (χ4v) is 5.53. The predicted octanol–water partition coefficient (Wildman–Crippen LogP) is 5.19. The summed E-state index contributed by atoms with van der Waals surface area (Å²) in [6.07, 6.45) is 12.4. The van der Waals surface area contributed by atoms with Gasteiger partial charge in [-0.3, -0.25) is 4.79 Å². The molecule has 4 heterocycles. The van der Waals surface area contributed by atoms with E-state index in [0.717, 1.165) is 31.9 Å². The molecule has 1 aliphatic heterocycles. The van der Waals surface area contributed by atoms with E-state index >= 15 is 4.39 Å². The molecule has 1 N–H and O–H groups in total. The van der Waals surface area contributed by atoms with Crippen LogP contribution in [0.15, 0.2) is 24.5 Å². The van der Waals surface area contributed by atoms with Crippen molar-refractivity contribution in [2.24, 2.45) is 11.8 Å². The van der Waals surface area contributed by atoms with E-state index in [1.807, 2.05) is 0 Å². The highest BCUT2D eigenvalue weighted by Gasteiger charge is 2.30. The monoisotopic (exact) mass is 480 g/mol. The summed E-state index contributed by atoms with van der Waals surface area (Å²) in [5.74, 6) is 1.95. The number of aromatic nitrogens is 3. The molecule has 1 aliphatic carbocycles. The van der Waals surface area contributed by atoms with Crippen LogP contribution < -0.4 is 0 Å². The Morgan fingerprint density at radius 3 is 2.83 bits per heavy atom. The number of H-pyrrole nitrogens is 1. The molecule has 0 spiro atoms. The number of fused-ring (bicyclic) bond motifs is 1. The summed E-state index contributed by atoms with van der Waals surface area (Å²) in [6, 6.07) is 2.67. The van der Waals surface area contributed by atoms with Crippen LogP contribution in [0.4, 0.5) is 13.2 Å². The zero-order valence-electron chi connectivity index (χ0n) is 19.4. The molecule has 5 rings (SSSR count). The minimum atomic E-state index is -0.920. The van der Waals surface area contributed by atoms with Gasteiger partial charge in [0.2, 0.25) is 5.91 Å². The second-order valence-corrected chi connectivity index (χ2v) is 9.74. The first-order chi connectivity index (χ1) is 16.9. The summed E-state index contributed by atoms with van der Waals surface area (Å²) in [5.41, 5.74) is 2.09. The van der Waals surface area contributed by atoms with Gasteiger partial charge in [0, 0.05) is 30.1 Å². The average Bonchev–Trinajstić information content (AvgIpc) is 3.46. The molecule has 0 bridgehead atoms. The number of pyridine rings is 2. The van der Waals surface area contributed by atoms with E-state index in [1.165, 1.54) is 12.1 Å². The van der Waals surface area contributed by atoms with Gasteiger partial charge >= 0.3 is 0 Å². The Morgan fingerprint density at radius 1 is 1.23 bits per heavy atom. The molecule has 3 atom stereocenters. The van der Waals surface area contributed by atoms with Crippen molar-refractivity contribution in [1.82, 2.24) is 19.9 Å². The lowest BCUT2D eigenvalue weighted by Gasteiger charge is -2.30. The fraction of sp³-hybridized carbons (Fsp3) is 0.444. The maximum atomic E-state index is 15.0. The highest BCUT2D eigenvalue weighted by atomic mass is 19.1. The number of carbonyl (C=O) groups excluding carboxylic acids is 1. The first-order valence-electron chi connectivity index (χ1n) is 12.1. The van der Waals surface area contributed by atoms with Crippen molar-refractivity contribution >= 4 is 16.9 Å². The van der Waals surface area contributed by atoms with Crippen LogP contribution in [0, 0.1) is 35.8 Å². The third kappa shape index (κ3) is 4.90. The third-order valence-corrected chi connectivity index (χ3v) is 7.28. The molecule has 2 aliphatic rings. The summed E-state index contributed by atoms with van der Waals surface area (Å²) >= 11 is 0. The number of nitrogens with zero attached hydrogens (tertiary/aromatic N) is 3. The van der Waals surface area contributed by atoms with Gasteiger partial charge in [0.1, 0.15) is 23.5 Å². The topological polar surface area (TPSA) is 61.9 Å². The number of carbonyl (C=O) groups is 1. The number of likely N-dealkylation sites (tertiary alicyclic amines) is 1. The lowest BCUT2D eigenvalue weighted by atomic mass is 9.77. The molecule has 3 aromatic rings. The minimum absolute atomic E-state index is 0.0148. The van der Waals surface area contributed by atoms with Crippen molar-refractivity contribution in [2.45, 2.75) is 51.1 Å². The number of aromatic amines is 1. The van der Waals surface area contributed by atoms with E-state index in [-0.39, 0.29) is 24.3 Å². The molecule has 0 radical (unpaired) electrons. The molecule has 182 valence electrons. The number of hydrogen-bond donors (Lipinski definition) is 1. The second-order valence-electron chi connectivity index (χ2n) is 9.74. The largest absolute Gasteiger partial charge is 0.345 e. The van der Waals surface area contributed by atoms with Crippen LogP contribution >= 0.6 is 0 Å². The van der Waals surface area contributed by atoms with E-state index in [0.29, 0.717) is 59.4 Å². The number of hydrogen-bond acceptors (Lipinski definition) is 3. The number of amides is 1. The minimum Gasteiger partial charge on any atom is -0.345 e. The van der Waals surface area contributed by atoms with Gasteiger partial charge in [-0.25, -0.2) is 23.1 Å². The number of terminal acetylenes is 1. The van der Waals surface area contributed by atoms with Crippen molar-refractivity contribution in [2.75, 3.05) is 13.1 Å². The number of halogens is 3. The summed E-state index contributed by atoms with van der Waals surface area (Å²) in [4.78, 5) is 25.9. The smallest absolute Gasteiger partial charge is 0.222 e. The van der Waals surface area contributed by atoms with Crippen molar-refractivity contribution in [3.63, 3.8) is 0 Å². The molecule has 35 heavy (non-hydrogen) atoms. The fourth-order valence-electron chi connectivity index (χ4n) is 5.53. The SMILES string of the molecule is C#Cc1cc(F)c(C[C@H]2CCC[C@@H](CC(=O)N3CC[C@@H](F)C3)C2)nc1-c1c[nH]c2ncc(F)cc12. The standard InChI is InChI=1S/C27H27F3N4O/c1-2-18-11-23(30)24(33-26(18)22-14-32-27-21(22)12-20(29)13-31-27)9-16-4-3-5-17(8-16)10-25(35)34-7-6-19(28)15-34/h1,11-14,16-17,19H,3-10,15H2,(H,31,32)/t16-,17+,19+/m0/s1. The lowest BCUT2D eigenvalue weighted by molar-refractivity contribution is -0.131. The average molecular weight is 481 g/mol. The van der Waals surface area contributed by atoms with Crippen LogP contribution in [0.2, 0.25) is 0 Å². The Morgan fingerprint density at radius 2 is 2.06 bits per heavy atom. The quantitative estimate of drug-likeness (QED) is 0.511. The molecular weight excluding hydrogens is 453 g/mol. The van der Waals surface area contributed by atoms with Gasteiger partial charge in [0.15, 0.2) is 0 Å². The normalized spacial score (nSPS) is 22.5. The Bertz CT molecular complexity index is 1300. The van der Waals surface area contributed by atoms with Gasteiger partial charge in [-0.1, -0.05) is 18.8 Å². The Labute approximate surface area is 202 Å². The first kappa shape index (κ1) is 23.4. The maximum absolute atomic E-state index is 15.0. The van der Waals surface area contributed by atoms with Crippen LogP contribution in [0.1, 0.15) is 49.8 Å². The molecule has 8 heteroatoms. The van der Waals surface area contributed by atoms with E-state index < -0.39 is 17.8 Å². The van der Waals surface area contributed by atoms with E-state index in [9.17, 15) is 13.6 Å². The van der Waals surface area contributed by atoms with E-state index in [4.69, 9.17) is 6.42 Å². The molecule has 0 unspecified atom stereocenters. The summed E-state index contributed by atoms with van der Waals surface area (Å²) < 4.78 is 42.3. The van der Waals surface area contributed by atoms with Gasteiger partial charge < -0.3 is 9.88 Å². The van der Waals surface area contributed by atoms with Gasteiger partial charge in [-0.05, 0) is 49.7 Å². The van der Waals surface area contributed by atoms with Crippen LogP contribution in [0.3, 0.4) is 0 Å². The van der Waals surface area contributed by atoms with Gasteiger partial charge in [-0.2, -0.15) is 0 Å². The molecule has 5 nitrogen and oxygen atoms in total. The molecule has 1 saturated carbocycles. The molecule has 1 saturated heterocycles. The molecule has 1 amide bonds. The number of rotatable bonds is 5. The van der Waals surface area contributed by atoms with Crippen LogP contribution in [0.5, 0.6) is 0 Å². The Balaban J connectivity index is 1.35. The Hall–Kier alpha value is -3.34. The first-order valence-corrected chi connectivity index (χ1v) is 12.1. The van der Waals surface area contributed by atoms with E-state index in [1.54, 1.807) is 11.1 Å². The molecular formula is C27H27F3N4O. The second kappa shape index (κ2) is 9.73. The highest BCUT2D eigenvalue weighted by Crippen LogP contribution is 2.36. The lowest BCUT2D eigenvalue weighted by Crippen LogP contribution is -2.31. The zero-order chi connectivity index (χ0) is 24.5. The summed E-state index contributed by atoms with van der Waals surface area (Å²) in [5, 5.41) is 0.528. The summed E-state index contributed by atoms with van der Waals surface area (Å²) in [7, 11) is 0. The number of alkyl halides is 1. The molecule has 0 aromatic carbocycles. The third-order valence-electron chi connectivity index (χ3n) is 7.28. The maximum Gasteiger partial charge on any atom is 0.222 e. The van der Waals surface area contributed by atoms with Crippen LogP contribution in [-0.2, 0) is 11.2 Å². The number of nitrogens with one attached hydrogen (secondary N) is 1. The van der Waals surface area contributed by atoms with Crippen LogP contribution in [0.25, 0.3) is 22.3 Å². The highest BCUT2D eigenvalue weighted by molar-refractivity contribution is 5.93. The van der Waals surface area contributed by atoms with Crippen molar-refractivity contribution in [3.05, 3.63) is 47.4 Å². The predicted molar refractivity (Wildman–Crippen MR) is 127 cm³/mol. The van der Waals surface area contributed by atoms with Gasteiger partial charge in [0.25, 0.3) is 0 Å².